The average Bonchev–Trinajstić information content (AvgIpc) is 3.38. The van der Waals surface area contributed by atoms with E-state index in [1.165, 1.54) is 25.7 Å². The smallest absolute Gasteiger partial charge is 0.145 e. The molecule has 2 aliphatic carbocycles. The zero-order chi connectivity index (χ0) is 14.0. The molecule has 0 aliphatic heterocycles. The number of nitrogens with one attached hydrogen (secondary N) is 1. The van der Waals surface area contributed by atoms with Gasteiger partial charge in [0.15, 0.2) is 0 Å². The second-order valence-corrected chi connectivity index (χ2v) is 6.10. The van der Waals surface area contributed by atoms with Crippen molar-refractivity contribution in [2.45, 2.75) is 50.2 Å². The number of likely N-dealkylation sites (N-methyl/N-ethyl adjacent to an activating group) is 1. The van der Waals surface area contributed by atoms with Crippen molar-refractivity contribution in [3.05, 3.63) is 35.9 Å². The molecule has 1 aromatic carbocycles. The molecule has 2 aliphatic rings. The maximum Gasteiger partial charge on any atom is 0.145 e. The fourth-order valence-electron chi connectivity index (χ4n) is 2.89. The largest absolute Gasteiger partial charge is 0.297 e. The Kier molecular flexibility index (Phi) is 3.78. The van der Waals surface area contributed by atoms with Crippen molar-refractivity contribution in [2.75, 3.05) is 13.1 Å². The van der Waals surface area contributed by atoms with Gasteiger partial charge in [-0.05, 0) is 37.8 Å². The molecule has 0 spiro atoms. The molecule has 3 heteroatoms. The van der Waals surface area contributed by atoms with Gasteiger partial charge in [0.25, 0.3) is 0 Å². The fraction of sp³-hybridized carbons (Fsp3) is 0.588. The summed E-state index contributed by atoms with van der Waals surface area (Å²) in [5, 5.41) is 13.5. The van der Waals surface area contributed by atoms with E-state index in [-0.39, 0.29) is 0 Å². The Morgan fingerprint density at radius 3 is 2.45 bits per heavy atom. The van der Waals surface area contributed by atoms with Crippen LogP contribution in [0.4, 0.5) is 0 Å². The SMILES string of the molecule is CCN(CC(C#N)(NC1CC1)c1ccccc1)C1CC1. The van der Waals surface area contributed by atoms with E-state index in [0.717, 1.165) is 18.7 Å². The van der Waals surface area contributed by atoms with Crippen molar-refractivity contribution in [3.8, 4) is 6.07 Å². The summed E-state index contributed by atoms with van der Waals surface area (Å²) in [6, 6.07) is 14.1. The van der Waals surface area contributed by atoms with Crippen LogP contribution in [0.3, 0.4) is 0 Å². The Hall–Kier alpha value is -1.37. The van der Waals surface area contributed by atoms with Crippen molar-refractivity contribution < 1.29 is 0 Å². The number of rotatable bonds is 7. The summed E-state index contributed by atoms with van der Waals surface area (Å²) in [5.74, 6) is 0. The predicted octanol–water partition coefficient (Wildman–Crippen LogP) is 2.64. The first-order valence-electron chi connectivity index (χ1n) is 7.76. The molecule has 1 N–H and O–H groups in total. The second-order valence-electron chi connectivity index (χ2n) is 6.10. The van der Waals surface area contributed by atoms with Crippen LogP contribution in [-0.4, -0.2) is 30.1 Å². The Bertz CT molecular complexity index is 485. The number of hydrogen-bond acceptors (Lipinski definition) is 3. The quantitative estimate of drug-likeness (QED) is 0.827. The summed E-state index contributed by atoms with van der Waals surface area (Å²) in [6.07, 6.45) is 4.97. The summed E-state index contributed by atoms with van der Waals surface area (Å²) in [4.78, 5) is 2.46. The Morgan fingerprint density at radius 2 is 1.95 bits per heavy atom. The minimum atomic E-state index is -0.555. The highest BCUT2D eigenvalue weighted by Gasteiger charge is 2.41. The van der Waals surface area contributed by atoms with E-state index >= 15 is 0 Å². The van der Waals surface area contributed by atoms with E-state index in [1.54, 1.807) is 0 Å². The minimum absolute atomic E-state index is 0.521. The monoisotopic (exact) mass is 269 g/mol. The van der Waals surface area contributed by atoms with Crippen molar-refractivity contribution >= 4 is 0 Å². The molecule has 0 bridgehead atoms. The van der Waals surface area contributed by atoms with Crippen LogP contribution in [0.15, 0.2) is 30.3 Å². The number of benzene rings is 1. The minimum Gasteiger partial charge on any atom is -0.297 e. The molecule has 0 aromatic heterocycles. The van der Waals surface area contributed by atoms with Crippen LogP contribution in [0, 0.1) is 11.3 Å². The Morgan fingerprint density at radius 1 is 1.25 bits per heavy atom. The van der Waals surface area contributed by atoms with Gasteiger partial charge in [0.05, 0.1) is 6.07 Å². The topological polar surface area (TPSA) is 39.1 Å². The van der Waals surface area contributed by atoms with Crippen LogP contribution in [0.1, 0.15) is 38.2 Å². The van der Waals surface area contributed by atoms with E-state index in [0.29, 0.717) is 12.1 Å². The highest BCUT2D eigenvalue weighted by atomic mass is 15.2. The van der Waals surface area contributed by atoms with Gasteiger partial charge in [0.2, 0.25) is 0 Å². The third kappa shape index (κ3) is 2.87. The summed E-state index contributed by atoms with van der Waals surface area (Å²) in [5.41, 5.74) is 0.551. The van der Waals surface area contributed by atoms with Crippen molar-refractivity contribution in [3.63, 3.8) is 0 Å². The molecule has 0 saturated heterocycles. The molecule has 20 heavy (non-hydrogen) atoms. The van der Waals surface area contributed by atoms with Gasteiger partial charge in [-0.2, -0.15) is 5.26 Å². The molecule has 2 saturated carbocycles. The molecule has 0 radical (unpaired) electrons. The highest BCUT2D eigenvalue weighted by Crippen LogP contribution is 2.33. The molecule has 1 aromatic rings. The van der Waals surface area contributed by atoms with E-state index < -0.39 is 5.54 Å². The maximum atomic E-state index is 9.91. The lowest BCUT2D eigenvalue weighted by atomic mass is 9.90. The fourth-order valence-corrected chi connectivity index (χ4v) is 2.89. The van der Waals surface area contributed by atoms with E-state index in [4.69, 9.17) is 0 Å². The second kappa shape index (κ2) is 5.55. The zero-order valence-corrected chi connectivity index (χ0v) is 12.2. The Balaban J connectivity index is 1.86. The van der Waals surface area contributed by atoms with E-state index in [1.807, 2.05) is 18.2 Å². The molecule has 3 nitrogen and oxygen atoms in total. The predicted molar refractivity (Wildman–Crippen MR) is 80.2 cm³/mol. The van der Waals surface area contributed by atoms with Crippen LogP contribution in [0.5, 0.6) is 0 Å². The normalized spacial score (nSPS) is 21.4. The van der Waals surface area contributed by atoms with E-state index in [2.05, 4.69) is 35.3 Å². The van der Waals surface area contributed by atoms with Gasteiger partial charge in [0, 0.05) is 18.6 Å². The highest BCUT2D eigenvalue weighted by molar-refractivity contribution is 5.33. The van der Waals surface area contributed by atoms with Gasteiger partial charge in [-0.15, -0.1) is 0 Å². The third-order valence-electron chi connectivity index (χ3n) is 4.40. The first-order valence-corrected chi connectivity index (χ1v) is 7.76. The summed E-state index contributed by atoms with van der Waals surface area (Å²) < 4.78 is 0. The third-order valence-corrected chi connectivity index (χ3v) is 4.40. The van der Waals surface area contributed by atoms with Gasteiger partial charge < -0.3 is 0 Å². The van der Waals surface area contributed by atoms with Gasteiger partial charge in [0.1, 0.15) is 5.54 Å². The van der Waals surface area contributed by atoms with Crippen molar-refractivity contribution in [2.24, 2.45) is 0 Å². The lowest BCUT2D eigenvalue weighted by molar-refractivity contribution is 0.210. The maximum absolute atomic E-state index is 9.91. The first-order chi connectivity index (χ1) is 9.77. The molecular formula is C17H23N3. The number of nitriles is 1. The lowest BCUT2D eigenvalue weighted by Gasteiger charge is -2.34. The van der Waals surface area contributed by atoms with Crippen LogP contribution in [0.25, 0.3) is 0 Å². The molecule has 3 rings (SSSR count). The lowest BCUT2D eigenvalue weighted by Crippen LogP contribution is -2.51. The summed E-state index contributed by atoms with van der Waals surface area (Å²) >= 11 is 0. The average molecular weight is 269 g/mol. The standard InChI is InChI=1S/C17H23N3/c1-2-20(16-10-11-16)13-17(12-18,19-15-8-9-15)14-6-4-3-5-7-14/h3-7,15-16,19H,2,8-11,13H2,1H3. The molecular weight excluding hydrogens is 246 g/mol. The van der Waals surface area contributed by atoms with E-state index in [9.17, 15) is 5.26 Å². The molecule has 0 heterocycles. The van der Waals surface area contributed by atoms with Gasteiger partial charge in [-0.1, -0.05) is 37.3 Å². The molecule has 2 fully saturated rings. The molecule has 106 valence electrons. The Labute approximate surface area is 121 Å². The number of nitrogens with zero attached hydrogens (tertiary/aromatic N) is 2. The van der Waals surface area contributed by atoms with Crippen molar-refractivity contribution in [1.82, 2.24) is 10.2 Å². The number of hydrogen-bond donors (Lipinski definition) is 1. The van der Waals surface area contributed by atoms with Crippen LogP contribution < -0.4 is 5.32 Å². The first kappa shape index (κ1) is 13.6. The van der Waals surface area contributed by atoms with Crippen molar-refractivity contribution in [1.29, 1.82) is 5.26 Å². The van der Waals surface area contributed by atoms with Crippen LogP contribution in [-0.2, 0) is 5.54 Å². The van der Waals surface area contributed by atoms with Crippen LogP contribution in [0.2, 0.25) is 0 Å². The summed E-state index contributed by atoms with van der Waals surface area (Å²) in [7, 11) is 0. The van der Waals surface area contributed by atoms with Gasteiger partial charge >= 0.3 is 0 Å². The summed E-state index contributed by atoms with van der Waals surface area (Å²) in [6.45, 7) is 4.01. The van der Waals surface area contributed by atoms with Gasteiger partial charge in [-0.3, -0.25) is 10.2 Å². The zero-order valence-electron chi connectivity index (χ0n) is 12.2. The molecule has 1 unspecified atom stereocenters. The van der Waals surface area contributed by atoms with Crippen LogP contribution >= 0.6 is 0 Å². The molecule has 0 amide bonds. The molecule has 1 atom stereocenters. The van der Waals surface area contributed by atoms with Gasteiger partial charge in [-0.25, -0.2) is 0 Å².